The monoisotopic (exact) mass is 255 g/mol. The molecule has 0 atom stereocenters. The maximum Gasteiger partial charge on any atom is 0.263 e. The zero-order valence-corrected chi connectivity index (χ0v) is 11.5. The van der Waals surface area contributed by atoms with Gasteiger partial charge in [-0.2, -0.15) is 0 Å². The standard InChI is InChI=1S/C15H23F2N/c1-5-8-13(14(16)17)9-12(4)18-10-15(6-2,7-3)11-18/h5,8-9,14H,4,6-7,10-11H2,1-3H3/b8-5-,13-9+. The van der Waals surface area contributed by atoms with Gasteiger partial charge >= 0.3 is 0 Å². The molecule has 0 aromatic heterocycles. The molecule has 3 heteroatoms. The van der Waals surface area contributed by atoms with Gasteiger partial charge in [0.05, 0.1) is 0 Å². The molecule has 102 valence electrons. The fourth-order valence-electron chi connectivity index (χ4n) is 2.32. The maximum absolute atomic E-state index is 12.7. The van der Waals surface area contributed by atoms with Crippen LogP contribution in [0.2, 0.25) is 0 Å². The predicted octanol–water partition coefficient (Wildman–Crippen LogP) is 4.39. The van der Waals surface area contributed by atoms with Crippen LogP contribution in [0.1, 0.15) is 33.6 Å². The molecule has 0 radical (unpaired) electrons. The molecular weight excluding hydrogens is 232 g/mol. The first kappa shape index (κ1) is 14.9. The Hall–Kier alpha value is -1.12. The van der Waals surface area contributed by atoms with Gasteiger partial charge in [-0.3, -0.25) is 0 Å². The molecule has 1 saturated heterocycles. The topological polar surface area (TPSA) is 3.24 Å². The van der Waals surface area contributed by atoms with E-state index in [0.717, 1.165) is 25.9 Å². The highest BCUT2D eigenvalue weighted by Crippen LogP contribution is 2.39. The average molecular weight is 255 g/mol. The number of hydrogen-bond donors (Lipinski definition) is 0. The van der Waals surface area contributed by atoms with Gasteiger partial charge in [0.15, 0.2) is 0 Å². The molecule has 0 amide bonds. The molecule has 0 unspecified atom stereocenters. The number of nitrogens with zero attached hydrogens (tertiary/aromatic N) is 1. The van der Waals surface area contributed by atoms with Gasteiger partial charge in [0, 0.05) is 29.8 Å². The van der Waals surface area contributed by atoms with Crippen molar-refractivity contribution in [3.63, 3.8) is 0 Å². The van der Waals surface area contributed by atoms with E-state index in [1.807, 2.05) is 0 Å². The molecule has 1 aliphatic rings. The van der Waals surface area contributed by atoms with Gasteiger partial charge < -0.3 is 4.90 Å². The summed E-state index contributed by atoms with van der Waals surface area (Å²) in [5.41, 5.74) is 1.09. The van der Waals surface area contributed by atoms with E-state index in [-0.39, 0.29) is 5.57 Å². The first-order valence-corrected chi connectivity index (χ1v) is 6.54. The molecule has 1 rings (SSSR count). The van der Waals surface area contributed by atoms with Gasteiger partial charge in [0.1, 0.15) is 0 Å². The molecule has 0 aromatic carbocycles. The second-order valence-electron chi connectivity index (χ2n) is 5.00. The zero-order valence-electron chi connectivity index (χ0n) is 11.5. The van der Waals surface area contributed by atoms with E-state index in [2.05, 4.69) is 25.3 Å². The number of likely N-dealkylation sites (tertiary alicyclic amines) is 1. The molecule has 1 aliphatic heterocycles. The SMILES string of the molecule is C=C(/C=C(\C=C/C)C(F)F)N1CC(CC)(CC)C1. The molecular formula is C15H23F2N. The average Bonchev–Trinajstić information content (AvgIpc) is 2.28. The van der Waals surface area contributed by atoms with Crippen LogP contribution >= 0.6 is 0 Å². The van der Waals surface area contributed by atoms with Gasteiger partial charge in [-0.1, -0.05) is 32.6 Å². The summed E-state index contributed by atoms with van der Waals surface area (Å²) in [4.78, 5) is 2.08. The highest BCUT2D eigenvalue weighted by molar-refractivity contribution is 5.30. The van der Waals surface area contributed by atoms with Crippen LogP contribution in [-0.4, -0.2) is 24.4 Å². The Morgan fingerprint density at radius 3 is 2.28 bits per heavy atom. The highest BCUT2D eigenvalue weighted by atomic mass is 19.3. The van der Waals surface area contributed by atoms with Crippen molar-refractivity contribution in [1.29, 1.82) is 0 Å². The number of hydrogen-bond acceptors (Lipinski definition) is 1. The van der Waals surface area contributed by atoms with Crippen molar-refractivity contribution in [2.45, 2.75) is 40.0 Å². The van der Waals surface area contributed by atoms with Gasteiger partial charge in [0.25, 0.3) is 6.43 Å². The third-order valence-corrected chi connectivity index (χ3v) is 3.90. The first-order chi connectivity index (χ1) is 8.48. The van der Waals surface area contributed by atoms with Crippen molar-refractivity contribution in [3.8, 4) is 0 Å². The summed E-state index contributed by atoms with van der Waals surface area (Å²) in [6, 6.07) is 0. The normalized spacial score (nSPS) is 19.4. The third-order valence-electron chi connectivity index (χ3n) is 3.90. The van der Waals surface area contributed by atoms with Gasteiger partial charge in [-0.05, 0) is 25.8 Å². The van der Waals surface area contributed by atoms with E-state index in [4.69, 9.17) is 0 Å². The lowest BCUT2D eigenvalue weighted by atomic mass is 9.75. The molecule has 0 aromatic rings. The van der Waals surface area contributed by atoms with Crippen LogP contribution in [0, 0.1) is 5.41 Å². The lowest BCUT2D eigenvalue weighted by Crippen LogP contribution is -2.54. The summed E-state index contributed by atoms with van der Waals surface area (Å²) in [5, 5.41) is 0. The van der Waals surface area contributed by atoms with Crippen molar-refractivity contribution >= 4 is 0 Å². The minimum absolute atomic E-state index is 0.0352. The Morgan fingerprint density at radius 1 is 1.33 bits per heavy atom. The summed E-state index contributed by atoms with van der Waals surface area (Å²) < 4.78 is 25.5. The van der Waals surface area contributed by atoms with Gasteiger partial charge in [-0.15, -0.1) is 0 Å². The van der Waals surface area contributed by atoms with E-state index < -0.39 is 6.43 Å². The number of alkyl halides is 2. The fourth-order valence-corrected chi connectivity index (χ4v) is 2.32. The maximum atomic E-state index is 12.7. The van der Waals surface area contributed by atoms with E-state index in [1.165, 1.54) is 12.2 Å². The largest absolute Gasteiger partial charge is 0.371 e. The van der Waals surface area contributed by atoms with E-state index >= 15 is 0 Å². The van der Waals surface area contributed by atoms with Gasteiger partial charge in [0.2, 0.25) is 0 Å². The van der Waals surface area contributed by atoms with Crippen LogP contribution in [0.5, 0.6) is 0 Å². The van der Waals surface area contributed by atoms with E-state index in [9.17, 15) is 8.78 Å². The summed E-state index contributed by atoms with van der Waals surface area (Å²) in [6.07, 6.45) is 4.40. The quantitative estimate of drug-likeness (QED) is 0.636. The van der Waals surface area contributed by atoms with Crippen LogP contribution in [0.3, 0.4) is 0 Å². The first-order valence-electron chi connectivity index (χ1n) is 6.54. The van der Waals surface area contributed by atoms with Crippen molar-refractivity contribution < 1.29 is 8.78 Å². The molecule has 0 bridgehead atoms. The zero-order chi connectivity index (χ0) is 13.8. The third kappa shape index (κ3) is 3.21. The molecule has 0 spiro atoms. The Morgan fingerprint density at radius 2 is 1.89 bits per heavy atom. The molecule has 0 N–H and O–H groups in total. The van der Waals surface area contributed by atoms with E-state index in [1.54, 1.807) is 13.0 Å². The van der Waals surface area contributed by atoms with Crippen LogP contribution in [0.25, 0.3) is 0 Å². The Labute approximate surface area is 109 Å². The molecule has 0 saturated carbocycles. The van der Waals surface area contributed by atoms with Crippen LogP contribution in [0.15, 0.2) is 36.1 Å². The minimum atomic E-state index is -2.44. The smallest absolute Gasteiger partial charge is 0.263 e. The Kier molecular flexibility index (Phi) is 5.12. The molecule has 1 fully saturated rings. The fraction of sp³-hybridized carbons (Fsp3) is 0.600. The number of allylic oxidation sites excluding steroid dienone is 4. The van der Waals surface area contributed by atoms with Crippen molar-refractivity contribution in [3.05, 3.63) is 36.1 Å². The molecule has 0 aliphatic carbocycles. The van der Waals surface area contributed by atoms with E-state index in [0.29, 0.717) is 11.1 Å². The van der Waals surface area contributed by atoms with Gasteiger partial charge in [-0.25, -0.2) is 8.78 Å². The Balaban J connectivity index is 2.65. The Bertz CT molecular complexity index is 344. The summed E-state index contributed by atoms with van der Waals surface area (Å²) in [6.45, 7) is 11.9. The van der Waals surface area contributed by atoms with Crippen molar-refractivity contribution in [2.24, 2.45) is 5.41 Å². The lowest BCUT2D eigenvalue weighted by Gasteiger charge is -2.51. The second kappa shape index (κ2) is 6.17. The van der Waals surface area contributed by atoms with Crippen LogP contribution in [0.4, 0.5) is 8.78 Å². The minimum Gasteiger partial charge on any atom is -0.371 e. The van der Waals surface area contributed by atoms with Crippen molar-refractivity contribution in [1.82, 2.24) is 4.90 Å². The number of halogens is 2. The van der Waals surface area contributed by atoms with Crippen LogP contribution < -0.4 is 0 Å². The summed E-state index contributed by atoms with van der Waals surface area (Å²) in [7, 11) is 0. The predicted molar refractivity (Wildman–Crippen MR) is 72.6 cm³/mol. The highest BCUT2D eigenvalue weighted by Gasteiger charge is 2.39. The summed E-state index contributed by atoms with van der Waals surface area (Å²) >= 11 is 0. The molecule has 1 nitrogen and oxygen atoms in total. The summed E-state index contributed by atoms with van der Waals surface area (Å²) in [5.74, 6) is 0. The lowest BCUT2D eigenvalue weighted by molar-refractivity contribution is 0.0252. The number of rotatable bonds is 6. The second-order valence-corrected chi connectivity index (χ2v) is 5.00. The molecule has 1 heterocycles. The van der Waals surface area contributed by atoms with Crippen LogP contribution in [-0.2, 0) is 0 Å². The molecule has 18 heavy (non-hydrogen) atoms. The van der Waals surface area contributed by atoms with Crippen molar-refractivity contribution in [2.75, 3.05) is 13.1 Å².